The van der Waals surface area contributed by atoms with Gasteiger partial charge >= 0.3 is 6.09 Å². The topological polar surface area (TPSA) is 71.5 Å². The number of nitrogens with one attached hydrogen (secondary N) is 1. The van der Waals surface area contributed by atoms with E-state index in [2.05, 4.69) is 10.3 Å². The maximum Gasteiger partial charge on any atom is 0.411 e. The molecule has 0 saturated carbocycles. The molecule has 1 aliphatic carbocycles. The standard InChI is InChI=1S/C21H18F3N3O3S/c1-12(28)26-10-15-11-27(20(29)30-15)21(19-25-5-6-31-19)8-16(23)18(17(24)9-21)13-3-2-4-14(22)7-13/h2-8,15H,9-11H2,1H3,(H,26,28)/t15-,21?/m0/s1. The van der Waals surface area contributed by atoms with Gasteiger partial charge in [0, 0.05) is 30.5 Å². The van der Waals surface area contributed by atoms with E-state index in [1.807, 2.05) is 0 Å². The van der Waals surface area contributed by atoms with Crippen molar-refractivity contribution in [3.8, 4) is 0 Å². The number of rotatable bonds is 5. The highest BCUT2D eigenvalue weighted by Gasteiger charge is 2.51. The fraction of sp³-hybridized carbons (Fsp3) is 0.286. The van der Waals surface area contributed by atoms with Crippen molar-refractivity contribution in [3.05, 3.63) is 70.0 Å². The van der Waals surface area contributed by atoms with Gasteiger partial charge in [-0.15, -0.1) is 11.3 Å². The lowest BCUT2D eigenvalue weighted by molar-refractivity contribution is -0.119. The molecule has 1 aromatic carbocycles. The molecule has 1 saturated heterocycles. The molecule has 4 rings (SSSR count). The summed E-state index contributed by atoms with van der Waals surface area (Å²) in [5.41, 5.74) is -1.83. The second kappa shape index (κ2) is 8.18. The second-order valence-electron chi connectivity index (χ2n) is 7.27. The molecule has 0 spiro atoms. The fourth-order valence-electron chi connectivity index (χ4n) is 3.80. The number of carbonyl (C=O) groups excluding carboxylic acids is 2. The van der Waals surface area contributed by atoms with Gasteiger partial charge < -0.3 is 10.1 Å². The van der Waals surface area contributed by atoms with E-state index in [0.29, 0.717) is 5.01 Å². The number of thiazole rings is 1. The Hall–Kier alpha value is -3.14. The predicted octanol–water partition coefficient (Wildman–Crippen LogP) is 4.07. The number of hydrogen-bond donors (Lipinski definition) is 1. The van der Waals surface area contributed by atoms with Gasteiger partial charge in [0.15, 0.2) is 0 Å². The Kier molecular flexibility index (Phi) is 5.57. The van der Waals surface area contributed by atoms with Gasteiger partial charge in [-0.2, -0.15) is 0 Å². The molecular weight excluding hydrogens is 431 g/mol. The summed E-state index contributed by atoms with van der Waals surface area (Å²) in [5, 5.41) is 4.52. The molecule has 1 aliphatic heterocycles. The quantitative estimate of drug-likeness (QED) is 0.747. The Morgan fingerprint density at radius 2 is 2.19 bits per heavy atom. The van der Waals surface area contributed by atoms with E-state index in [1.54, 1.807) is 5.38 Å². The molecule has 2 heterocycles. The van der Waals surface area contributed by atoms with Crippen molar-refractivity contribution in [2.45, 2.75) is 25.0 Å². The smallest absolute Gasteiger partial charge is 0.411 e. The minimum atomic E-state index is -1.54. The summed E-state index contributed by atoms with van der Waals surface area (Å²) in [7, 11) is 0. The van der Waals surface area contributed by atoms with Gasteiger partial charge in [-0.05, 0) is 23.8 Å². The van der Waals surface area contributed by atoms with Crippen LogP contribution in [0.25, 0.3) is 5.57 Å². The lowest BCUT2D eigenvalue weighted by Gasteiger charge is -2.38. The molecule has 1 fully saturated rings. The summed E-state index contributed by atoms with van der Waals surface area (Å²) in [6, 6.07) is 5.01. The van der Waals surface area contributed by atoms with Crippen molar-refractivity contribution >= 4 is 28.9 Å². The van der Waals surface area contributed by atoms with E-state index in [4.69, 9.17) is 4.74 Å². The van der Waals surface area contributed by atoms with E-state index < -0.39 is 35.2 Å². The zero-order chi connectivity index (χ0) is 22.2. The summed E-state index contributed by atoms with van der Waals surface area (Å²) in [6.07, 6.45) is 0.782. The molecule has 2 amide bonds. The maximum absolute atomic E-state index is 15.4. The third-order valence-corrected chi connectivity index (χ3v) is 6.09. The first-order valence-electron chi connectivity index (χ1n) is 9.46. The first-order valence-corrected chi connectivity index (χ1v) is 10.3. The third kappa shape index (κ3) is 3.95. The van der Waals surface area contributed by atoms with Crippen molar-refractivity contribution in [3.63, 3.8) is 0 Å². The van der Waals surface area contributed by atoms with Gasteiger partial charge in [-0.1, -0.05) is 12.1 Å². The Morgan fingerprint density at radius 1 is 1.39 bits per heavy atom. The SMILES string of the molecule is CC(=O)NC[C@H]1CN(C2(c3nccs3)C=C(F)C(c3cccc(F)c3)=C(F)C2)C(=O)O1. The van der Waals surface area contributed by atoms with Crippen LogP contribution in [0.2, 0.25) is 0 Å². The third-order valence-electron chi connectivity index (χ3n) is 5.15. The summed E-state index contributed by atoms with van der Waals surface area (Å²) in [6.45, 7) is 1.41. The Bertz CT molecular complexity index is 1090. The van der Waals surface area contributed by atoms with Crippen molar-refractivity contribution in [1.82, 2.24) is 15.2 Å². The molecule has 0 bridgehead atoms. The van der Waals surface area contributed by atoms with E-state index in [9.17, 15) is 14.0 Å². The molecule has 6 nitrogen and oxygen atoms in total. The van der Waals surface area contributed by atoms with Crippen LogP contribution in [0.1, 0.15) is 23.9 Å². The molecule has 162 valence electrons. The number of amides is 2. The number of cyclic esters (lactones) is 1. The first kappa shape index (κ1) is 21.1. The van der Waals surface area contributed by atoms with E-state index in [0.717, 1.165) is 23.5 Å². The van der Waals surface area contributed by atoms with Gasteiger partial charge in [-0.25, -0.2) is 22.9 Å². The van der Waals surface area contributed by atoms with Gasteiger partial charge in [-0.3, -0.25) is 9.69 Å². The first-order chi connectivity index (χ1) is 14.8. The van der Waals surface area contributed by atoms with Crippen molar-refractivity contribution < 1.29 is 27.5 Å². The number of hydrogen-bond acceptors (Lipinski definition) is 5. The van der Waals surface area contributed by atoms with E-state index in [1.165, 1.54) is 36.2 Å². The summed E-state index contributed by atoms with van der Waals surface area (Å²) >= 11 is 1.15. The van der Waals surface area contributed by atoms with Crippen LogP contribution in [-0.2, 0) is 15.1 Å². The van der Waals surface area contributed by atoms with Gasteiger partial charge in [0.2, 0.25) is 5.91 Å². The van der Waals surface area contributed by atoms with Crippen LogP contribution in [0.3, 0.4) is 0 Å². The molecule has 1 N–H and O–H groups in total. The molecule has 0 radical (unpaired) electrons. The molecular formula is C21H18F3N3O3S. The minimum Gasteiger partial charge on any atom is -0.442 e. The zero-order valence-electron chi connectivity index (χ0n) is 16.4. The lowest BCUT2D eigenvalue weighted by Crippen LogP contribution is -2.47. The number of allylic oxidation sites excluding steroid dienone is 2. The second-order valence-corrected chi connectivity index (χ2v) is 8.17. The van der Waals surface area contributed by atoms with Crippen LogP contribution < -0.4 is 5.32 Å². The van der Waals surface area contributed by atoms with E-state index >= 15 is 8.78 Å². The van der Waals surface area contributed by atoms with Crippen LogP contribution in [-0.4, -0.2) is 41.1 Å². The highest BCUT2D eigenvalue weighted by molar-refractivity contribution is 7.09. The van der Waals surface area contributed by atoms with Crippen LogP contribution in [0.5, 0.6) is 0 Å². The van der Waals surface area contributed by atoms with E-state index in [-0.39, 0.29) is 36.6 Å². The zero-order valence-corrected chi connectivity index (χ0v) is 17.2. The van der Waals surface area contributed by atoms with Crippen molar-refractivity contribution in [1.29, 1.82) is 0 Å². The largest absolute Gasteiger partial charge is 0.442 e. The summed E-state index contributed by atoms with van der Waals surface area (Å²) in [4.78, 5) is 29.3. The van der Waals surface area contributed by atoms with Gasteiger partial charge in [0.1, 0.15) is 34.1 Å². The molecule has 2 aliphatic rings. The molecule has 31 heavy (non-hydrogen) atoms. The number of ether oxygens (including phenoxy) is 1. The normalized spacial score (nSPS) is 23.6. The monoisotopic (exact) mass is 449 g/mol. The number of carbonyl (C=O) groups is 2. The number of aromatic nitrogens is 1. The molecule has 1 unspecified atom stereocenters. The highest BCUT2D eigenvalue weighted by atomic mass is 32.1. The van der Waals surface area contributed by atoms with Crippen molar-refractivity contribution in [2.24, 2.45) is 0 Å². The summed E-state index contributed by atoms with van der Waals surface area (Å²) < 4.78 is 49.6. The fourth-order valence-corrected chi connectivity index (χ4v) is 4.62. The van der Waals surface area contributed by atoms with Gasteiger partial charge in [0.05, 0.1) is 13.1 Å². The maximum atomic E-state index is 15.4. The molecule has 10 heteroatoms. The average Bonchev–Trinajstić information content (AvgIpc) is 3.36. The number of nitrogens with zero attached hydrogens (tertiary/aromatic N) is 2. The van der Waals surface area contributed by atoms with Crippen LogP contribution in [0.15, 0.2) is 53.6 Å². The molecule has 2 atom stereocenters. The number of halogens is 3. The van der Waals surface area contributed by atoms with Crippen LogP contribution in [0, 0.1) is 5.82 Å². The Labute approximate surface area is 180 Å². The molecule has 1 aromatic heterocycles. The lowest BCUT2D eigenvalue weighted by atomic mass is 9.84. The molecule has 2 aromatic rings. The average molecular weight is 449 g/mol. The Morgan fingerprint density at radius 3 is 2.84 bits per heavy atom. The minimum absolute atomic E-state index is 0.00501. The van der Waals surface area contributed by atoms with Gasteiger partial charge in [0.25, 0.3) is 0 Å². The predicted molar refractivity (Wildman–Crippen MR) is 108 cm³/mol. The Balaban J connectivity index is 1.73. The van der Waals surface area contributed by atoms with Crippen LogP contribution in [0.4, 0.5) is 18.0 Å². The van der Waals surface area contributed by atoms with Crippen molar-refractivity contribution in [2.75, 3.05) is 13.1 Å². The highest BCUT2D eigenvalue weighted by Crippen LogP contribution is 2.48. The van der Waals surface area contributed by atoms with Crippen LogP contribution >= 0.6 is 11.3 Å². The summed E-state index contributed by atoms with van der Waals surface area (Å²) in [5.74, 6) is -2.67. The number of benzene rings is 1.